The zero-order valence-electron chi connectivity index (χ0n) is 24.6. The number of likely N-dealkylation sites (N-methyl/N-ethyl adjacent to an activating group) is 1. The summed E-state index contributed by atoms with van der Waals surface area (Å²) in [5, 5.41) is 12.4. The zero-order valence-corrected chi connectivity index (χ0v) is 24.6. The summed E-state index contributed by atoms with van der Waals surface area (Å²) in [5.41, 5.74) is 0.801. The molecule has 1 unspecified atom stereocenters. The number of halogens is 2. The molecule has 1 amide bonds. The molecule has 1 saturated heterocycles. The number of amides is 1. The van der Waals surface area contributed by atoms with Crippen LogP contribution in [0.1, 0.15) is 68.9 Å². The van der Waals surface area contributed by atoms with Crippen molar-refractivity contribution >= 4 is 11.6 Å². The lowest BCUT2D eigenvalue weighted by atomic mass is 9.64. The van der Waals surface area contributed by atoms with Crippen LogP contribution in [0.5, 0.6) is 0 Å². The highest BCUT2D eigenvalue weighted by atomic mass is 19.1. The third-order valence-electron chi connectivity index (χ3n) is 9.41. The van der Waals surface area contributed by atoms with Crippen LogP contribution in [-0.2, 0) is 0 Å². The topological polar surface area (TPSA) is 66.1 Å². The standard InChI is InChI=1S/C31H42F2N6O/c1-8-38(29(40)22-17-35-39(18-22)23-13-15-37(7)19-23)20-31(5)14-12-24(30(31,3)4)21(2)16-27(36-34-6)28-25(32)10-9-11-26(28)33/h9-11,16-18,23-24H,2,8,12-15,19-20H2,1,3-7H3/b27-16-,36-34-/t23?,24-,31-/m0/s1. The van der Waals surface area contributed by atoms with E-state index < -0.39 is 11.6 Å². The second-order valence-electron chi connectivity index (χ2n) is 12.1. The third-order valence-corrected chi connectivity index (χ3v) is 9.41. The van der Waals surface area contributed by atoms with Crippen molar-refractivity contribution in [3.63, 3.8) is 0 Å². The molecule has 9 heteroatoms. The molecular formula is C31H42F2N6O. The van der Waals surface area contributed by atoms with Crippen molar-refractivity contribution in [2.75, 3.05) is 40.3 Å². The van der Waals surface area contributed by atoms with Crippen molar-refractivity contribution < 1.29 is 13.6 Å². The molecule has 216 valence electrons. The number of likely N-dealkylation sites (tertiary alicyclic amines) is 1. The molecule has 2 fully saturated rings. The van der Waals surface area contributed by atoms with Crippen molar-refractivity contribution in [2.45, 2.75) is 53.0 Å². The highest BCUT2D eigenvalue weighted by Gasteiger charge is 2.52. The molecule has 1 aromatic heterocycles. The van der Waals surface area contributed by atoms with Gasteiger partial charge in [-0.25, -0.2) is 8.78 Å². The van der Waals surface area contributed by atoms with E-state index in [-0.39, 0.29) is 33.9 Å². The van der Waals surface area contributed by atoms with Gasteiger partial charge in [-0.05, 0) is 80.3 Å². The predicted octanol–water partition coefficient (Wildman–Crippen LogP) is 6.62. The molecule has 2 aliphatic rings. The van der Waals surface area contributed by atoms with E-state index in [0.29, 0.717) is 24.7 Å². The van der Waals surface area contributed by atoms with Gasteiger partial charge < -0.3 is 9.80 Å². The number of carbonyl (C=O) groups excluding carboxylic acids is 1. The quantitative estimate of drug-likeness (QED) is 0.259. The number of carbonyl (C=O) groups is 1. The van der Waals surface area contributed by atoms with Gasteiger partial charge in [-0.2, -0.15) is 15.3 Å². The van der Waals surface area contributed by atoms with E-state index in [4.69, 9.17) is 0 Å². The van der Waals surface area contributed by atoms with Crippen molar-refractivity contribution in [3.05, 3.63) is 71.6 Å². The van der Waals surface area contributed by atoms with E-state index in [9.17, 15) is 13.6 Å². The molecule has 3 atom stereocenters. The number of azo groups is 1. The molecule has 0 spiro atoms. The van der Waals surface area contributed by atoms with E-state index in [0.717, 1.165) is 37.9 Å². The van der Waals surface area contributed by atoms with Crippen LogP contribution in [0.15, 0.2) is 59.0 Å². The Bertz CT molecular complexity index is 1290. The largest absolute Gasteiger partial charge is 0.338 e. The molecule has 0 N–H and O–H groups in total. The number of hydrogen-bond acceptors (Lipinski definition) is 5. The molecule has 4 rings (SSSR count). The number of nitrogens with zero attached hydrogens (tertiary/aromatic N) is 6. The fourth-order valence-electron chi connectivity index (χ4n) is 6.48. The number of allylic oxidation sites excluding steroid dienone is 2. The van der Waals surface area contributed by atoms with Crippen molar-refractivity contribution in [1.29, 1.82) is 0 Å². The minimum absolute atomic E-state index is 0.0139. The first-order valence-corrected chi connectivity index (χ1v) is 14.1. The smallest absolute Gasteiger partial charge is 0.257 e. The van der Waals surface area contributed by atoms with Crippen LogP contribution < -0.4 is 0 Å². The molecule has 1 aliphatic carbocycles. The van der Waals surface area contributed by atoms with E-state index >= 15 is 0 Å². The Balaban J connectivity index is 1.53. The SMILES string of the molecule is C=C(/C=C(\N=N/C)c1c(F)cccc1F)[C@@H]1CC[C@@](C)(CN(CC)C(=O)c2cnn(C3CCN(C)C3)c2)C1(C)C. The maximum atomic E-state index is 14.6. The van der Waals surface area contributed by atoms with Crippen LogP contribution in [0, 0.1) is 28.4 Å². The summed E-state index contributed by atoms with van der Waals surface area (Å²) in [7, 11) is 3.57. The Kier molecular flexibility index (Phi) is 8.73. The average Bonchev–Trinajstić information content (AvgIpc) is 3.60. The van der Waals surface area contributed by atoms with E-state index in [1.807, 2.05) is 22.7 Å². The summed E-state index contributed by atoms with van der Waals surface area (Å²) in [4.78, 5) is 17.8. The van der Waals surface area contributed by atoms with Gasteiger partial charge in [0, 0.05) is 32.9 Å². The fourth-order valence-corrected chi connectivity index (χ4v) is 6.48. The second-order valence-corrected chi connectivity index (χ2v) is 12.1. The molecular weight excluding hydrogens is 510 g/mol. The van der Waals surface area contributed by atoms with Crippen LogP contribution in [0.4, 0.5) is 8.78 Å². The van der Waals surface area contributed by atoms with Crippen LogP contribution in [-0.4, -0.2) is 65.8 Å². The highest BCUT2D eigenvalue weighted by Crippen LogP contribution is 2.58. The van der Waals surface area contributed by atoms with Crippen molar-refractivity contribution in [1.82, 2.24) is 19.6 Å². The first-order chi connectivity index (χ1) is 18.9. The van der Waals surface area contributed by atoms with Gasteiger partial charge in [-0.15, -0.1) is 0 Å². The molecule has 0 bridgehead atoms. The van der Waals surface area contributed by atoms with Gasteiger partial charge in [0.05, 0.1) is 29.1 Å². The number of benzene rings is 1. The van der Waals surface area contributed by atoms with Gasteiger partial charge in [-0.3, -0.25) is 9.48 Å². The molecule has 2 aromatic rings. The van der Waals surface area contributed by atoms with Gasteiger partial charge >= 0.3 is 0 Å². The lowest BCUT2D eigenvalue weighted by molar-refractivity contribution is 0.0421. The Hall–Kier alpha value is -3.20. The third kappa shape index (κ3) is 5.66. The summed E-state index contributed by atoms with van der Waals surface area (Å²) in [6.45, 7) is 16.1. The summed E-state index contributed by atoms with van der Waals surface area (Å²) < 4.78 is 31.1. The second kappa shape index (κ2) is 11.7. The van der Waals surface area contributed by atoms with Crippen LogP contribution in [0.25, 0.3) is 5.70 Å². The lowest BCUT2D eigenvalue weighted by Crippen LogP contribution is -2.46. The van der Waals surface area contributed by atoms with E-state index in [1.54, 1.807) is 12.3 Å². The summed E-state index contributed by atoms with van der Waals surface area (Å²) in [6, 6.07) is 4.04. The number of hydrogen-bond donors (Lipinski definition) is 0. The monoisotopic (exact) mass is 552 g/mol. The molecule has 1 aromatic carbocycles. The predicted molar refractivity (Wildman–Crippen MR) is 154 cm³/mol. The van der Waals surface area contributed by atoms with Gasteiger partial charge in [0.25, 0.3) is 5.91 Å². The van der Waals surface area contributed by atoms with Crippen LogP contribution in [0.2, 0.25) is 0 Å². The highest BCUT2D eigenvalue weighted by molar-refractivity contribution is 5.93. The van der Waals surface area contributed by atoms with Crippen LogP contribution in [0.3, 0.4) is 0 Å². The van der Waals surface area contributed by atoms with Crippen molar-refractivity contribution in [3.8, 4) is 0 Å². The zero-order chi connectivity index (χ0) is 29.2. The summed E-state index contributed by atoms with van der Waals surface area (Å²) in [5.74, 6) is -1.37. The lowest BCUT2D eigenvalue weighted by Gasteiger charge is -2.44. The molecule has 7 nitrogen and oxygen atoms in total. The summed E-state index contributed by atoms with van der Waals surface area (Å²) in [6.07, 6.45) is 7.98. The Morgan fingerprint density at radius 1 is 1.25 bits per heavy atom. The Morgan fingerprint density at radius 3 is 2.55 bits per heavy atom. The van der Waals surface area contributed by atoms with Crippen LogP contribution >= 0.6 is 0 Å². The minimum atomic E-state index is -0.692. The normalized spacial score (nSPS) is 25.1. The van der Waals surface area contributed by atoms with Gasteiger partial charge in [-0.1, -0.05) is 33.4 Å². The van der Waals surface area contributed by atoms with Gasteiger partial charge in [0.2, 0.25) is 0 Å². The molecule has 1 saturated carbocycles. The Morgan fingerprint density at radius 2 is 1.95 bits per heavy atom. The number of aromatic nitrogens is 2. The molecule has 0 radical (unpaired) electrons. The van der Waals surface area contributed by atoms with Gasteiger partial charge in [0.15, 0.2) is 0 Å². The molecule has 40 heavy (non-hydrogen) atoms. The maximum absolute atomic E-state index is 14.6. The van der Waals surface area contributed by atoms with Gasteiger partial charge in [0.1, 0.15) is 11.6 Å². The Labute approximate surface area is 236 Å². The first kappa shape index (κ1) is 29.8. The fraction of sp³-hybridized carbons (Fsp3) is 0.548. The molecule has 2 heterocycles. The minimum Gasteiger partial charge on any atom is -0.338 e. The average molecular weight is 553 g/mol. The van der Waals surface area contributed by atoms with E-state index in [1.165, 1.54) is 25.2 Å². The maximum Gasteiger partial charge on any atom is 0.257 e. The summed E-state index contributed by atoms with van der Waals surface area (Å²) >= 11 is 0. The van der Waals surface area contributed by atoms with E-state index in [2.05, 4.69) is 54.6 Å². The number of rotatable bonds is 9. The van der Waals surface area contributed by atoms with Crippen molar-refractivity contribution in [2.24, 2.45) is 27.0 Å². The molecule has 1 aliphatic heterocycles. The first-order valence-electron chi connectivity index (χ1n) is 14.1.